The fourth-order valence-electron chi connectivity index (χ4n) is 4.76. The van der Waals surface area contributed by atoms with E-state index in [1.807, 2.05) is 23.0 Å². The lowest BCUT2D eigenvalue weighted by Crippen LogP contribution is -2.49. The minimum Gasteiger partial charge on any atom is -0.352 e. The number of carbonyl (C=O) groups is 1. The van der Waals surface area contributed by atoms with Crippen molar-refractivity contribution < 1.29 is 4.79 Å². The largest absolute Gasteiger partial charge is 0.352 e. The van der Waals surface area contributed by atoms with Crippen LogP contribution in [0.3, 0.4) is 0 Å². The summed E-state index contributed by atoms with van der Waals surface area (Å²) in [7, 11) is 0. The Morgan fingerprint density at radius 3 is 2.69 bits per heavy atom. The van der Waals surface area contributed by atoms with Crippen LogP contribution in [-0.4, -0.2) is 21.7 Å². The van der Waals surface area contributed by atoms with Crippen LogP contribution in [0, 0.1) is 17.8 Å². The minimum absolute atomic E-state index is 0.136. The molecule has 3 N–H and O–H groups in total. The molecule has 0 saturated heterocycles. The van der Waals surface area contributed by atoms with E-state index in [2.05, 4.69) is 28.6 Å². The molecule has 2 bridgehead atoms. The second-order valence-corrected chi connectivity index (χ2v) is 7.94. The third-order valence-corrected chi connectivity index (χ3v) is 6.15. The highest BCUT2D eigenvalue weighted by atomic mass is 16.1. The van der Waals surface area contributed by atoms with Crippen LogP contribution in [0.1, 0.15) is 43.2 Å². The van der Waals surface area contributed by atoms with Crippen LogP contribution in [0.4, 0.5) is 0 Å². The predicted octanol–water partition coefficient (Wildman–Crippen LogP) is 2.70. The van der Waals surface area contributed by atoms with E-state index in [0.717, 1.165) is 24.9 Å². The molecular formula is C21H28N4O. The molecule has 2 atom stereocenters. The smallest absolute Gasteiger partial charge is 0.223 e. The van der Waals surface area contributed by atoms with Gasteiger partial charge >= 0.3 is 0 Å². The fraction of sp³-hybridized carbons (Fsp3) is 0.524. The van der Waals surface area contributed by atoms with Crippen LogP contribution in [-0.2, 0) is 17.9 Å². The van der Waals surface area contributed by atoms with E-state index in [9.17, 15) is 4.79 Å². The highest BCUT2D eigenvalue weighted by molar-refractivity contribution is 5.78. The minimum atomic E-state index is 0.136. The predicted molar refractivity (Wildman–Crippen MR) is 101 cm³/mol. The van der Waals surface area contributed by atoms with Gasteiger partial charge in [-0.3, -0.25) is 9.48 Å². The number of aromatic nitrogens is 2. The molecule has 1 aromatic carbocycles. The summed E-state index contributed by atoms with van der Waals surface area (Å²) in [6, 6.07) is 10.6. The molecule has 0 radical (unpaired) electrons. The molecule has 2 saturated carbocycles. The number of fused-ring (bicyclic) bond motifs is 2. The second kappa shape index (κ2) is 7.62. The molecule has 4 rings (SSSR count). The number of nitrogens with one attached hydrogen (secondary N) is 1. The number of nitrogens with two attached hydrogens (primary N) is 1. The Bertz CT molecular complexity index is 728. The molecule has 2 fully saturated rings. The van der Waals surface area contributed by atoms with Gasteiger partial charge in [0.25, 0.3) is 0 Å². The Balaban J connectivity index is 1.33. The Kier molecular flexibility index (Phi) is 5.07. The molecule has 2 aliphatic carbocycles. The zero-order valence-electron chi connectivity index (χ0n) is 15.2. The van der Waals surface area contributed by atoms with Gasteiger partial charge in [0.15, 0.2) is 0 Å². The normalized spacial score (nSPS) is 27.9. The average molecular weight is 352 g/mol. The Hall–Kier alpha value is -2.14. The first kappa shape index (κ1) is 17.3. The van der Waals surface area contributed by atoms with Crippen molar-refractivity contribution in [1.29, 1.82) is 0 Å². The van der Waals surface area contributed by atoms with Crippen molar-refractivity contribution in [2.24, 2.45) is 23.5 Å². The van der Waals surface area contributed by atoms with Gasteiger partial charge in [-0.1, -0.05) is 30.7 Å². The monoisotopic (exact) mass is 352 g/mol. The molecule has 1 heterocycles. The van der Waals surface area contributed by atoms with E-state index in [4.69, 9.17) is 5.73 Å². The van der Waals surface area contributed by atoms with Crippen molar-refractivity contribution in [2.45, 2.75) is 51.2 Å². The topological polar surface area (TPSA) is 72.9 Å². The lowest BCUT2D eigenvalue weighted by Gasteiger charge is -2.43. The summed E-state index contributed by atoms with van der Waals surface area (Å²) in [5.41, 5.74) is 8.67. The summed E-state index contributed by atoms with van der Waals surface area (Å²) in [4.78, 5) is 12.7. The zero-order valence-corrected chi connectivity index (χ0v) is 15.2. The number of hydrogen-bond donors (Lipinski definition) is 2. The molecule has 138 valence electrons. The van der Waals surface area contributed by atoms with Gasteiger partial charge in [0.05, 0.1) is 6.54 Å². The molecular weight excluding hydrogens is 324 g/mol. The molecule has 5 heteroatoms. The van der Waals surface area contributed by atoms with Gasteiger partial charge in [-0.25, -0.2) is 0 Å². The van der Waals surface area contributed by atoms with Gasteiger partial charge in [-0.15, -0.1) is 0 Å². The number of carbonyl (C=O) groups excluding carboxylic acids is 1. The average Bonchev–Trinajstić information content (AvgIpc) is 3.13. The summed E-state index contributed by atoms with van der Waals surface area (Å²) in [5, 5.41) is 7.40. The number of amides is 1. The summed E-state index contributed by atoms with van der Waals surface area (Å²) >= 11 is 0. The van der Waals surface area contributed by atoms with Crippen LogP contribution in [0.15, 0.2) is 42.7 Å². The SMILES string of the molecule is NC1C2CCCC1CC(C(=O)NCc1cccc(Cn3cccn3)c1)C2. The molecule has 1 amide bonds. The van der Waals surface area contributed by atoms with Crippen LogP contribution in [0.5, 0.6) is 0 Å². The summed E-state index contributed by atoms with van der Waals surface area (Å²) in [6.45, 7) is 1.34. The van der Waals surface area contributed by atoms with E-state index in [1.54, 1.807) is 6.20 Å². The molecule has 0 spiro atoms. The van der Waals surface area contributed by atoms with E-state index in [-0.39, 0.29) is 11.8 Å². The van der Waals surface area contributed by atoms with Crippen molar-refractivity contribution in [3.63, 3.8) is 0 Å². The second-order valence-electron chi connectivity index (χ2n) is 7.94. The van der Waals surface area contributed by atoms with Crippen LogP contribution in [0.2, 0.25) is 0 Å². The van der Waals surface area contributed by atoms with Crippen LogP contribution < -0.4 is 11.1 Å². The van der Waals surface area contributed by atoms with Gasteiger partial charge in [0, 0.05) is 30.9 Å². The first-order valence-electron chi connectivity index (χ1n) is 9.77. The van der Waals surface area contributed by atoms with E-state index in [0.29, 0.717) is 24.4 Å². The highest BCUT2D eigenvalue weighted by Gasteiger charge is 2.40. The van der Waals surface area contributed by atoms with Gasteiger partial charge in [0.2, 0.25) is 5.91 Å². The molecule has 5 nitrogen and oxygen atoms in total. The van der Waals surface area contributed by atoms with Crippen LogP contribution >= 0.6 is 0 Å². The number of rotatable bonds is 5. The maximum Gasteiger partial charge on any atom is 0.223 e. The summed E-state index contributed by atoms with van der Waals surface area (Å²) < 4.78 is 1.90. The van der Waals surface area contributed by atoms with Gasteiger partial charge < -0.3 is 11.1 Å². The standard InChI is InChI=1S/C21H28N4O/c22-20-17-6-2-7-18(20)12-19(11-17)21(26)23-13-15-4-1-5-16(10-15)14-25-9-3-8-24-25/h1,3-5,8-10,17-20H,2,6-7,11-14,22H2,(H,23,26). The maximum absolute atomic E-state index is 12.7. The van der Waals surface area contributed by atoms with Crippen LogP contribution in [0.25, 0.3) is 0 Å². The van der Waals surface area contributed by atoms with Crippen molar-refractivity contribution in [1.82, 2.24) is 15.1 Å². The van der Waals surface area contributed by atoms with Gasteiger partial charge in [-0.05, 0) is 54.7 Å². The molecule has 26 heavy (non-hydrogen) atoms. The third kappa shape index (κ3) is 3.83. The van der Waals surface area contributed by atoms with E-state index in [1.165, 1.54) is 24.8 Å². The molecule has 2 aliphatic rings. The quantitative estimate of drug-likeness (QED) is 0.869. The van der Waals surface area contributed by atoms with E-state index < -0.39 is 0 Å². The molecule has 2 unspecified atom stereocenters. The first-order valence-corrected chi connectivity index (χ1v) is 9.77. The number of hydrogen-bond acceptors (Lipinski definition) is 3. The summed E-state index contributed by atoms with van der Waals surface area (Å²) in [5.74, 6) is 1.41. The first-order chi connectivity index (χ1) is 12.7. The molecule has 1 aromatic heterocycles. The van der Waals surface area contributed by atoms with E-state index >= 15 is 0 Å². The lowest BCUT2D eigenvalue weighted by molar-refractivity contribution is -0.128. The Labute approximate surface area is 155 Å². The maximum atomic E-state index is 12.7. The number of nitrogens with zero attached hydrogens (tertiary/aromatic N) is 2. The van der Waals surface area contributed by atoms with Crippen molar-refractivity contribution in [2.75, 3.05) is 0 Å². The Morgan fingerprint density at radius 2 is 1.96 bits per heavy atom. The number of benzene rings is 1. The third-order valence-electron chi connectivity index (χ3n) is 6.15. The van der Waals surface area contributed by atoms with Gasteiger partial charge in [-0.2, -0.15) is 5.10 Å². The summed E-state index contributed by atoms with van der Waals surface area (Å²) in [6.07, 6.45) is 9.33. The van der Waals surface area contributed by atoms with Crippen molar-refractivity contribution in [3.05, 3.63) is 53.9 Å². The van der Waals surface area contributed by atoms with Gasteiger partial charge in [0.1, 0.15) is 0 Å². The lowest BCUT2D eigenvalue weighted by atomic mass is 9.65. The van der Waals surface area contributed by atoms with Crippen molar-refractivity contribution >= 4 is 5.91 Å². The fourth-order valence-corrected chi connectivity index (χ4v) is 4.76. The highest BCUT2D eigenvalue weighted by Crippen LogP contribution is 2.41. The zero-order chi connectivity index (χ0) is 17.9. The Morgan fingerprint density at radius 1 is 1.19 bits per heavy atom. The molecule has 2 aromatic rings. The molecule has 0 aliphatic heterocycles. The van der Waals surface area contributed by atoms with Crippen molar-refractivity contribution in [3.8, 4) is 0 Å².